The summed E-state index contributed by atoms with van der Waals surface area (Å²) in [5, 5.41) is 6.89. The van der Waals surface area contributed by atoms with Crippen LogP contribution in [0.2, 0.25) is 0 Å². The molecule has 2 aliphatic heterocycles. The van der Waals surface area contributed by atoms with Gasteiger partial charge in [0.1, 0.15) is 12.4 Å². The molecule has 0 aliphatic carbocycles. The van der Waals surface area contributed by atoms with Crippen LogP contribution in [0.15, 0.2) is 24.3 Å². The molecule has 2 aliphatic rings. The quantitative estimate of drug-likeness (QED) is 0.599. The average molecular weight is 456 g/mol. The number of nitrogens with zero attached hydrogens (tertiary/aromatic N) is 3. The van der Waals surface area contributed by atoms with E-state index in [9.17, 15) is 8.42 Å². The first-order chi connectivity index (χ1) is 14.9. The van der Waals surface area contributed by atoms with Gasteiger partial charge < -0.3 is 9.84 Å². The summed E-state index contributed by atoms with van der Waals surface area (Å²) in [6.45, 7) is 11.3. The van der Waals surface area contributed by atoms with Crippen LogP contribution in [0.5, 0.6) is 5.75 Å². The lowest BCUT2D eigenvalue weighted by Crippen LogP contribution is -2.48. The number of para-hydroxylation sites is 1. The molecule has 8 nitrogen and oxygen atoms in total. The van der Waals surface area contributed by atoms with E-state index in [1.54, 1.807) is 11.2 Å². The van der Waals surface area contributed by atoms with E-state index in [2.05, 4.69) is 22.8 Å². The van der Waals surface area contributed by atoms with Crippen LogP contribution >= 0.6 is 0 Å². The molecule has 0 radical (unpaired) electrons. The molecular formula is C22H37N3O5S. The number of hydrogen-bond acceptors (Lipinski definition) is 6. The van der Waals surface area contributed by atoms with Crippen molar-refractivity contribution in [1.82, 2.24) is 14.1 Å². The first-order valence-electron chi connectivity index (χ1n) is 11.1. The maximum Gasteiger partial charge on any atom is 0.290 e. The monoisotopic (exact) mass is 455 g/mol. The Kier molecular flexibility index (Phi) is 10.7. The molecule has 1 aromatic rings. The van der Waals surface area contributed by atoms with Crippen molar-refractivity contribution in [2.24, 2.45) is 5.92 Å². The molecular weight excluding hydrogens is 418 g/mol. The highest BCUT2D eigenvalue weighted by atomic mass is 32.2. The Morgan fingerprint density at radius 3 is 2.45 bits per heavy atom. The van der Waals surface area contributed by atoms with Crippen molar-refractivity contribution < 1.29 is 23.1 Å². The number of likely N-dealkylation sites (tertiary alicyclic amines) is 1. The molecule has 0 aromatic heterocycles. The molecule has 1 aromatic carbocycles. The zero-order chi connectivity index (χ0) is 22.7. The molecule has 2 saturated heterocycles. The maximum absolute atomic E-state index is 12.0. The van der Waals surface area contributed by atoms with Crippen molar-refractivity contribution in [2.75, 3.05) is 58.2 Å². The summed E-state index contributed by atoms with van der Waals surface area (Å²) in [4.78, 5) is 13.2. The number of piperidine rings is 1. The molecule has 2 heterocycles. The molecule has 1 atom stereocenters. The summed E-state index contributed by atoms with van der Waals surface area (Å²) in [5.74, 6) is 1.92. The third-order valence-corrected chi connectivity index (χ3v) is 7.74. The topological polar surface area (TPSA) is 90.4 Å². The second-order valence-corrected chi connectivity index (χ2v) is 10.4. The average Bonchev–Trinajstić information content (AvgIpc) is 2.76. The Morgan fingerprint density at radius 2 is 1.81 bits per heavy atom. The smallest absolute Gasteiger partial charge is 0.290 e. The standard InChI is InChI=1S/C21H35N3O3S.CH2O2/c1-3-28(25,26)24-13-11-23(12-14-24)18-20-8-4-5-9-21(20)27-16-15-22-10-6-7-19(2)17-22;2-1-3/h4-5,8-9,19H,3,6-7,10-18H2,1-2H3;1H,(H,2,3). The minimum absolute atomic E-state index is 0.180. The van der Waals surface area contributed by atoms with Crippen molar-refractivity contribution in [2.45, 2.75) is 33.2 Å². The van der Waals surface area contributed by atoms with Crippen LogP contribution in [0, 0.1) is 5.92 Å². The van der Waals surface area contributed by atoms with Crippen molar-refractivity contribution >= 4 is 16.5 Å². The van der Waals surface area contributed by atoms with Gasteiger partial charge in [0.25, 0.3) is 6.47 Å². The second-order valence-electron chi connectivity index (χ2n) is 8.19. The van der Waals surface area contributed by atoms with Crippen LogP contribution in [0.25, 0.3) is 0 Å². The van der Waals surface area contributed by atoms with Gasteiger partial charge in [-0.1, -0.05) is 25.1 Å². The summed E-state index contributed by atoms with van der Waals surface area (Å²) >= 11 is 0. The third-order valence-electron chi connectivity index (χ3n) is 5.86. The molecule has 0 saturated carbocycles. The number of sulfonamides is 1. The van der Waals surface area contributed by atoms with E-state index in [0.717, 1.165) is 37.8 Å². The number of rotatable bonds is 8. The van der Waals surface area contributed by atoms with Gasteiger partial charge in [-0.25, -0.2) is 8.42 Å². The predicted octanol–water partition coefficient (Wildman–Crippen LogP) is 1.97. The molecule has 0 amide bonds. The van der Waals surface area contributed by atoms with Gasteiger partial charge in [-0.15, -0.1) is 0 Å². The number of carbonyl (C=O) groups is 1. The van der Waals surface area contributed by atoms with E-state index >= 15 is 0 Å². The molecule has 176 valence electrons. The largest absolute Gasteiger partial charge is 0.492 e. The van der Waals surface area contributed by atoms with Crippen LogP contribution in [-0.4, -0.2) is 92.3 Å². The number of carboxylic acid groups (broad SMARTS) is 1. The lowest BCUT2D eigenvalue weighted by Gasteiger charge is -2.34. The number of piperazine rings is 1. The molecule has 0 spiro atoms. The van der Waals surface area contributed by atoms with E-state index < -0.39 is 10.0 Å². The molecule has 2 fully saturated rings. The first kappa shape index (κ1) is 25.6. The molecule has 31 heavy (non-hydrogen) atoms. The number of hydrogen-bond donors (Lipinski definition) is 1. The first-order valence-corrected chi connectivity index (χ1v) is 12.7. The molecule has 0 bridgehead atoms. The van der Waals surface area contributed by atoms with E-state index in [1.807, 2.05) is 18.2 Å². The van der Waals surface area contributed by atoms with E-state index in [4.69, 9.17) is 14.6 Å². The summed E-state index contributed by atoms with van der Waals surface area (Å²) in [6.07, 6.45) is 2.63. The lowest BCUT2D eigenvalue weighted by atomic mass is 10.0. The van der Waals surface area contributed by atoms with Gasteiger partial charge in [0, 0.05) is 51.4 Å². The van der Waals surface area contributed by atoms with E-state index in [-0.39, 0.29) is 12.2 Å². The molecule has 1 unspecified atom stereocenters. The van der Waals surface area contributed by atoms with Crippen molar-refractivity contribution in [1.29, 1.82) is 0 Å². The number of ether oxygens (including phenoxy) is 1. The lowest BCUT2D eigenvalue weighted by molar-refractivity contribution is -0.122. The van der Waals surface area contributed by atoms with Gasteiger partial charge in [-0.3, -0.25) is 14.6 Å². The highest BCUT2D eigenvalue weighted by molar-refractivity contribution is 7.89. The Balaban J connectivity index is 0.00000107. The van der Waals surface area contributed by atoms with Gasteiger partial charge in [0.2, 0.25) is 10.0 Å². The van der Waals surface area contributed by atoms with Crippen LogP contribution in [-0.2, 0) is 21.4 Å². The van der Waals surface area contributed by atoms with Gasteiger partial charge in [-0.05, 0) is 38.3 Å². The number of benzene rings is 1. The summed E-state index contributed by atoms with van der Waals surface area (Å²) in [6, 6.07) is 8.24. The summed E-state index contributed by atoms with van der Waals surface area (Å²) < 4.78 is 31.8. The van der Waals surface area contributed by atoms with Gasteiger partial charge in [0.15, 0.2) is 0 Å². The van der Waals surface area contributed by atoms with Crippen LogP contribution in [0.3, 0.4) is 0 Å². The van der Waals surface area contributed by atoms with Gasteiger partial charge >= 0.3 is 0 Å². The van der Waals surface area contributed by atoms with Crippen LogP contribution in [0.4, 0.5) is 0 Å². The van der Waals surface area contributed by atoms with Crippen LogP contribution in [0.1, 0.15) is 32.3 Å². The normalized spacial score (nSPS) is 21.2. The Bertz CT molecular complexity index is 766. The summed E-state index contributed by atoms with van der Waals surface area (Å²) in [5.41, 5.74) is 1.18. The van der Waals surface area contributed by atoms with E-state index in [0.29, 0.717) is 19.7 Å². The Hall–Kier alpha value is -1.68. The second kappa shape index (κ2) is 13.0. The van der Waals surface area contributed by atoms with Crippen LogP contribution < -0.4 is 4.74 Å². The minimum atomic E-state index is -3.08. The highest BCUT2D eigenvalue weighted by Crippen LogP contribution is 2.21. The van der Waals surface area contributed by atoms with Gasteiger partial charge in [0.05, 0.1) is 5.75 Å². The zero-order valence-electron chi connectivity index (χ0n) is 18.8. The minimum Gasteiger partial charge on any atom is -0.492 e. The SMILES string of the molecule is CCS(=O)(=O)N1CCN(Cc2ccccc2OCCN2CCCC(C)C2)CC1.O=CO. The van der Waals surface area contributed by atoms with Crippen molar-refractivity contribution in [3.8, 4) is 5.75 Å². The molecule has 9 heteroatoms. The fourth-order valence-electron chi connectivity index (χ4n) is 4.14. The predicted molar refractivity (Wildman–Crippen MR) is 122 cm³/mol. The van der Waals surface area contributed by atoms with Crippen molar-refractivity contribution in [3.05, 3.63) is 29.8 Å². The van der Waals surface area contributed by atoms with Crippen molar-refractivity contribution in [3.63, 3.8) is 0 Å². The Labute approximate surface area is 186 Å². The fraction of sp³-hybridized carbons (Fsp3) is 0.682. The maximum atomic E-state index is 12.0. The van der Waals surface area contributed by atoms with E-state index in [1.165, 1.54) is 31.5 Å². The summed E-state index contributed by atoms with van der Waals surface area (Å²) in [7, 11) is -3.08. The van der Waals surface area contributed by atoms with Gasteiger partial charge in [-0.2, -0.15) is 4.31 Å². The third kappa shape index (κ3) is 8.40. The molecule has 1 N–H and O–H groups in total. The Morgan fingerprint density at radius 1 is 1.13 bits per heavy atom. The fourth-order valence-corrected chi connectivity index (χ4v) is 5.22. The zero-order valence-corrected chi connectivity index (χ0v) is 19.6. The highest BCUT2D eigenvalue weighted by Gasteiger charge is 2.25. The molecule has 3 rings (SSSR count).